The minimum atomic E-state index is -0.416. The van der Waals surface area contributed by atoms with Gasteiger partial charge in [-0.05, 0) is 43.0 Å². The van der Waals surface area contributed by atoms with E-state index < -0.39 is 9.85 Å². The Balaban J connectivity index is 1.89. The van der Waals surface area contributed by atoms with E-state index in [-0.39, 0.29) is 11.4 Å². The van der Waals surface area contributed by atoms with Gasteiger partial charge >= 0.3 is 0 Å². The molecule has 1 aliphatic rings. The zero-order valence-corrected chi connectivity index (χ0v) is 14.4. The fourth-order valence-electron chi connectivity index (χ4n) is 3.50. The van der Waals surface area contributed by atoms with Crippen LogP contribution in [0.25, 0.3) is 0 Å². The third-order valence-corrected chi connectivity index (χ3v) is 4.91. The van der Waals surface area contributed by atoms with Gasteiger partial charge in [-0.15, -0.1) is 0 Å². The minimum Gasteiger partial charge on any atom is -0.341 e. The van der Waals surface area contributed by atoms with Crippen molar-refractivity contribution in [1.29, 1.82) is 0 Å². The van der Waals surface area contributed by atoms with Crippen LogP contribution < -0.4 is 4.90 Å². The van der Waals surface area contributed by atoms with Crippen LogP contribution in [0.5, 0.6) is 0 Å². The molecule has 0 unspecified atom stereocenters. The fourth-order valence-corrected chi connectivity index (χ4v) is 3.50. The predicted octanol–water partition coefficient (Wildman–Crippen LogP) is 5.22. The zero-order valence-electron chi connectivity index (χ0n) is 14.4. The third-order valence-electron chi connectivity index (χ3n) is 4.91. The van der Waals surface area contributed by atoms with Crippen molar-refractivity contribution in [2.45, 2.75) is 32.1 Å². The van der Waals surface area contributed by atoms with E-state index in [1.807, 2.05) is 0 Å². The second-order valence-corrected chi connectivity index (χ2v) is 6.66. The van der Waals surface area contributed by atoms with Gasteiger partial charge in [0.05, 0.1) is 9.85 Å². The van der Waals surface area contributed by atoms with Gasteiger partial charge in [-0.3, -0.25) is 20.2 Å². The van der Waals surface area contributed by atoms with Crippen molar-refractivity contribution in [2.75, 3.05) is 11.4 Å². The van der Waals surface area contributed by atoms with E-state index in [9.17, 15) is 20.2 Å². The number of non-ortho nitro benzene ring substituents is 2. The Hall–Kier alpha value is -2.96. The molecule has 7 heteroatoms. The Morgan fingerprint density at radius 2 is 1.19 bits per heavy atom. The Morgan fingerprint density at radius 3 is 1.58 bits per heavy atom. The second kappa shape index (κ2) is 7.95. The molecule has 26 heavy (non-hydrogen) atoms. The molecule has 0 aromatic heterocycles. The smallest absolute Gasteiger partial charge is 0.269 e. The molecule has 136 valence electrons. The summed E-state index contributed by atoms with van der Waals surface area (Å²) in [6, 6.07) is 12.9. The Kier molecular flexibility index (Phi) is 5.46. The quantitative estimate of drug-likeness (QED) is 0.523. The van der Waals surface area contributed by atoms with Gasteiger partial charge in [0.25, 0.3) is 11.4 Å². The highest BCUT2D eigenvalue weighted by Gasteiger charge is 2.20. The van der Waals surface area contributed by atoms with Crippen LogP contribution in [0.15, 0.2) is 48.5 Å². The number of hydrogen-bond donors (Lipinski definition) is 0. The van der Waals surface area contributed by atoms with E-state index in [0.29, 0.717) is 5.92 Å². The lowest BCUT2D eigenvalue weighted by atomic mass is 9.88. The SMILES string of the molecule is O=[N+]([O-])c1ccc(N(CC2CCCCC2)c2ccc([N+](=O)[O-])cc2)cc1. The molecule has 0 heterocycles. The van der Waals surface area contributed by atoms with Crippen molar-refractivity contribution in [3.05, 3.63) is 68.8 Å². The molecule has 1 aliphatic carbocycles. The van der Waals surface area contributed by atoms with E-state index in [0.717, 1.165) is 30.8 Å². The average Bonchev–Trinajstić information content (AvgIpc) is 2.67. The highest BCUT2D eigenvalue weighted by atomic mass is 16.6. The first-order valence-electron chi connectivity index (χ1n) is 8.81. The summed E-state index contributed by atoms with van der Waals surface area (Å²) in [6.45, 7) is 0.801. The molecule has 3 rings (SSSR count). The molecule has 0 bridgehead atoms. The summed E-state index contributed by atoms with van der Waals surface area (Å²) < 4.78 is 0. The molecule has 1 fully saturated rings. The molecule has 0 N–H and O–H groups in total. The maximum Gasteiger partial charge on any atom is 0.269 e. The minimum absolute atomic E-state index is 0.0510. The fraction of sp³-hybridized carbons (Fsp3) is 0.368. The number of nitro groups is 2. The number of anilines is 2. The van der Waals surface area contributed by atoms with Crippen molar-refractivity contribution in [3.63, 3.8) is 0 Å². The molecule has 0 radical (unpaired) electrons. The third kappa shape index (κ3) is 4.17. The average molecular weight is 355 g/mol. The van der Waals surface area contributed by atoms with Crippen LogP contribution in [0.4, 0.5) is 22.7 Å². The van der Waals surface area contributed by atoms with Crippen molar-refractivity contribution in [3.8, 4) is 0 Å². The van der Waals surface area contributed by atoms with E-state index in [1.165, 1.54) is 43.5 Å². The second-order valence-electron chi connectivity index (χ2n) is 6.66. The summed E-state index contributed by atoms with van der Waals surface area (Å²) in [5.41, 5.74) is 1.81. The largest absolute Gasteiger partial charge is 0.341 e. The number of benzene rings is 2. The van der Waals surface area contributed by atoms with Gasteiger partial charge < -0.3 is 4.90 Å². The van der Waals surface area contributed by atoms with E-state index in [4.69, 9.17) is 0 Å². The Labute approximate surface area is 151 Å². The van der Waals surface area contributed by atoms with Crippen LogP contribution in [0.2, 0.25) is 0 Å². The van der Waals surface area contributed by atoms with Crippen molar-refractivity contribution < 1.29 is 9.85 Å². The molecular formula is C19H21N3O4. The Morgan fingerprint density at radius 1 is 0.769 bits per heavy atom. The first kappa shape index (κ1) is 17.8. The summed E-state index contributed by atoms with van der Waals surface area (Å²) in [5.74, 6) is 0.550. The Bertz CT molecular complexity index is 711. The molecule has 2 aromatic carbocycles. The maximum atomic E-state index is 10.9. The number of rotatable bonds is 6. The summed E-state index contributed by atoms with van der Waals surface area (Å²) in [6.07, 6.45) is 6.04. The number of hydrogen-bond acceptors (Lipinski definition) is 5. The molecule has 1 saturated carbocycles. The van der Waals surface area contributed by atoms with Crippen LogP contribution in [-0.4, -0.2) is 16.4 Å². The maximum absolute atomic E-state index is 10.9. The van der Waals surface area contributed by atoms with E-state index >= 15 is 0 Å². The van der Waals surface area contributed by atoms with Crippen LogP contribution in [0.1, 0.15) is 32.1 Å². The molecule has 7 nitrogen and oxygen atoms in total. The first-order chi connectivity index (χ1) is 12.5. The molecular weight excluding hydrogens is 334 g/mol. The van der Waals surface area contributed by atoms with Crippen molar-refractivity contribution in [1.82, 2.24) is 0 Å². The first-order valence-corrected chi connectivity index (χ1v) is 8.81. The normalized spacial score (nSPS) is 14.8. The summed E-state index contributed by atoms with van der Waals surface area (Å²) >= 11 is 0. The molecule has 0 atom stereocenters. The lowest BCUT2D eigenvalue weighted by Crippen LogP contribution is -2.26. The van der Waals surface area contributed by atoms with E-state index in [2.05, 4.69) is 4.90 Å². The van der Waals surface area contributed by atoms with Gasteiger partial charge in [-0.2, -0.15) is 0 Å². The van der Waals surface area contributed by atoms with Crippen molar-refractivity contribution in [2.24, 2.45) is 5.92 Å². The van der Waals surface area contributed by atoms with Crippen LogP contribution in [0.3, 0.4) is 0 Å². The van der Waals surface area contributed by atoms with Gasteiger partial charge in [0.1, 0.15) is 0 Å². The predicted molar refractivity (Wildman–Crippen MR) is 99.8 cm³/mol. The zero-order chi connectivity index (χ0) is 18.5. The lowest BCUT2D eigenvalue weighted by Gasteiger charge is -2.31. The standard InChI is InChI=1S/C19H21N3O4/c23-21(24)18-10-6-16(7-11-18)20(14-15-4-2-1-3-5-15)17-8-12-19(13-9-17)22(25)26/h6-13,15H,1-5,14H2. The topological polar surface area (TPSA) is 89.5 Å². The van der Waals surface area contributed by atoms with Gasteiger partial charge in [0.15, 0.2) is 0 Å². The molecule has 0 aliphatic heterocycles. The van der Waals surface area contributed by atoms with Gasteiger partial charge in [0, 0.05) is 42.2 Å². The molecule has 0 amide bonds. The van der Waals surface area contributed by atoms with Gasteiger partial charge in [0.2, 0.25) is 0 Å². The molecule has 0 saturated heterocycles. The monoisotopic (exact) mass is 355 g/mol. The molecule has 2 aromatic rings. The van der Waals surface area contributed by atoms with Crippen LogP contribution in [0, 0.1) is 26.1 Å². The van der Waals surface area contributed by atoms with Crippen LogP contribution >= 0.6 is 0 Å². The summed E-state index contributed by atoms with van der Waals surface area (Å²) in [5, 5.41) is 21.8. The van der Waals surface area contributed by atoms with E-state index in [1.54, 1.807) is 24.3 Å². The molecule has 0 spiro atoms. The van der Waals surface area contributed by atoms with Crippen LogP contribution in [-0.2, 0) is 0 Å². The summed E-state index contributed by atoms with van der Waals surface area (Å²) in [7, 11) is 0. The lowest BCUT2D eigenvalue weighted by molar-refractivity contribution is -0.385. The van der Waals surface area contributed by atoms with Gasteiger partial charge in [-0.25, -0.2) is 0 Å². The highest BCUT2D eigenvalue weighted by Crippen LogP contribution is 2.33. The summed E-state index contributed by atoms with van der Waals surface area (Å²) in [4.78, 5) is 23.1. The highest BCUT2D eigenvalue weighted by molar-refractivity contribution is 5.65. The van der Waals surface area contributed by atoms with Crippen molar-refractivity contribution >= 4 is 22.7 Å². The van der Waals surface area contributed by atoms with Gasteiger partial charge in [-0.1, -0.05) is 19.3 Å². The number of nitro benzene ring substituents is 2. The number of nitrogens with zero attached hydrogens (tertiary/aromatic N) is 3.